The Morgan fingerprint density at radius 2 is 1.03 bits per heavy atom. The van der Waals surface area contributed by atoms with Crippen LogP contribution in [0.15, 0.2) is 84.2 Å². The van der Waals surface area contributed by atoms with Gasteiger partial charge in [-0.3, -0.25) is 0 Å². The van der Waals surface area contributed by atoms with E-state index in [1.807, 2.05) is 12.1 Å². The lowest BCUT2D eigenvalue weighted by Gasteiger charge is -2.11. The van der Waals surface area contributed by atoms with Gasteiger partial charge in [-0.25, -0.2) is 24.4 Å². The Balaban J connectivity index is 1.44. The lowest BCUT2D eigenvalue weighted by Crippen LogP contribution is -2.23. The Bertz CT molecular complexity index is 1590. The summed E-state index contributed by atoms with van der Waals surface area (Å²) in [5, 5.41) is 3.67. The van der Waals surface area contributed by atoms with Gasteiger partial charge >= 0.3 is 10.2 Å². The molecule has 0 aliphatic carbocycles. The van der Waals surface area contributed by atoms with Crippen LogP contribution in [0.25, 0.3) is 33.8 Å². The van der Waals surface area contributed by atoms with Crippen molar-refractivity contribution in [3.63, 3.8) is 0 Å². The molecule has 0 amide bonds. The summed E-state index contributed by atoms with van der Waals surface area (Å²) < 4.78 is 30.7. The van der Waals surface area contributed by atoms with Gasteiger partial charge in [0.25, 0.3) is 0 Å². The lowest BCUT2D eigenvalue weighted by molar-refractivity contribution is 0.605. The third-order valence-electron chi connectivity index (χ3n) is 5.10. The fourth-order valence-electron chi connectivity index (χ4n) is 3.36. The van der Waals surface area contributed by atoms with Gasteiger partial charge in [-0.15, -0.1) is 11.3 Å². The van der Waals surface area contributed by atoms with Crippen molar-refractivity contribution < 1.29 is 8.42 Å². The van der Waals surface area contributed by atoms with Crippen molar-refractivity contribution in [3.8, 4) is 33.8 Å². The molecule has 2 aromatic heterocycles. The zero-order valence-electron chi connectivity index (χ0n) is 18.7. The van der Waals surface area contributed by atoms with Gasteiger partial charge in [-0.1, -0.05) is 71.2 Å². The maximum absolute atomic E-state index is 13.0. The number of hydrogen-bond donors (Lipinski definition) is 2. The highest BCUT2D eigenvalue weighted by molar-refractivity contribution is 7.94. The number of aromatic nitrogens is 3. The van der Waals surface area contributed by atoms with Gasteiger partial charge < -0.3 is 0 Å². The molecule has 0 fully saturated rings. The third kappa shape index (κ3) is 6.38. The van der Waals surface area contributed by atoms with Gasteiger partial charge in [0, 0.05) is 37.1 Å². The van der Waals surface area contributed by atoms with Crippen molar-refractivity contribution in [1.82, 2.24) is 15.0 Å². The quantitative estimate of drug-likeness (QED) is 0.203. The minimum absolute atomic E-state index is 0.112. The lowest BCUT2D eigenvalue weighted by atomic mass is 10.1. The topological polar surface area (TPSA) is 96.9 Å². The van der Waals surface area contributed by atoms with Crippen molar-refractivity contribution in [2.45, 2.75) is 0 Å². The number of thiazole rings is 1. The summed E-state index contributed by atoms with van der Waals surface area (Å²) in [6, 6.07) is 22.9. The van der Waals surface area contributed by atoms with Gasteiger partial charge in [-0.05, 0) is 42.5 Å². The minimum Gasteiger partial charge on any atom is -0.241 e. The SMILES string of the molecule is O=S(=O)(Nc1nc(-c2ccc(Cl)cc2)cc(-c2ccc(Cl)cc2)n1)Nc1nc(-c2ccc(Cl)cc2)cs1. The van der Waals surface area contributed by atoms with Crippen LogP contribution in [-0.4, -0.2) is 23.4 Å². The molecule has 0 atom stereocenters. The van der Waals surface area contributed by atoms with E-state index in [-0.39, 0.29) is 11.1 Å². The molecule has 0 aliphatic rings. The van der Waals surface area contributed by atoms with Gasteiger partial charge in [0.1, 0.15) is 0 Å². The molecule has 7 nitrogen and oxygen atoms in total. The van der Waals surface area contributed by atoms with Crippen LogP contribution < -0.4 is 9.44 Å². The predicted octanol–water partition coefficient (Wildman–Crippen LogP) is 7.66. The molecule has 3 aromatic carbocycles. The molecule has 5 aromatic rings. The van der Waals surface area contributed by atoms with Crippen LogP contribution >= 0.6 is 46.1 Å². The zero-order chi connectivity index (χ0) is 26.0. The summed E-state index contributed by atoms with van der Waals surface area (Å²) in [7, 11) is -4.12. The van der Waals surface area contributed by atoms with E-state index in [0.29, 0.717) is 32.1 Å². The van der Waals surface area contributed by atoms with E-state index < -0.39 is 10.2 Å². The monoisotopic (exact) mass is 587 g/mol. The molecule has 0 spiro atoms. The number of halogens is 3. The Kier molecular flexibility index (Phi) is 7.32. The van der Waals surface area contributed by atoms with E-state index in [2.05, 4.69) is 24.4 Å². The molecule has 0 radical (unpaired) electrons. The molecule has 0 bridgehead atoms. The van der Waals surface area contributed by atoms with Crippen LogP contribution in [-0.2, 0) is 10.2 Å². The highest BCUT2D eigenvalue weighted by atomic mass is 35.5. The highest BCUT2D eigenvalue weighted by Gasteiger charge is 2.17. The molecular formula is C25H16Cl3N5O2S2. The fraction of sp³-hybridized carbons (Fsp3) is 0. The zero-order valence-corrected chi connectivity index (χ0v) is 22.6. The molecule has 0 unspecified atom stereocenters. The molecule has 0 saturated carbocycles. The Labute approximate surface area is 232 Å². The first-order valence-corrected chi connectivity index (χ1v) is 14.2. The summed E-state index contributed by atoms with van der Waals surface area (Å²) in [5.41, 5.74) is 3.92. The van der Waals surface area contributed by atoms with Gasteiger partial charge in [0.15, 0.2) is 5.13 Å². The Morgan fingerprint density at radius 3 is 1.49 bits per heavy atom. The average molecular weight is 589 g/mol. The van der Waals surface area contributed by atoms with Crippen LogP contribution in [0.2, 0.25) is 15.1 Å². The molecule has 12 heteroatoms. The van der Waals surface area contributed by atoms with E-state index in [4.69, 9.17) is 34.8 Å². The number of rotatable bonds is 7. The van der Waals surface area contributed by atoms with E-state index >= 15 is 0 Å². The summed E-state index contributed by atoms with van der Waals surface area (Å²) in [6.45, 7) is 0. The summed E-state index contributed by atoms with van der Waals surface area (Å²) in [4.78, 5) is 13.2. The summed E-state index contributed by atoms with van der Waals surface area (Å²) in [6.07, 6.45) is 0. The first-order valence-electron chi connectivity index (χ1n) is 10.7. The standard InChI is InChI=1S/C25H16Cl3N5O2S2/c26-18-7-1-15(2-8-18)21-13-22(16-3-9-19(27)10-4-16)30-24(29-21)32-37(34,35)33-25-31-23(14-36-25)17-5-11-20(28)12-6-17/h1-14H,(H,31,33)(H,29,30,32). The van der Waals surface area contributed by atoms with Crippen LogP contribution in [0.3, 0.4) is 0 Å². The second-order valence-corrected chi connectivity index (χ2v) is 11.3. The van der Waals surface area contributed by atoms with Crippen LogP contribution in [0.1, 0.15) is 0 Å². The van der Waals surface area contributed by atoms with Crippen molar-refractivity contribution >= 4 is 67.4 Å². The third-order valence-corrected chi connectivity index (χ3v) is 7.65. The normalized spacial score (nSPS) is 11.3. The van der Waals surface area contributed by atoms with E-state index in [0.717, 1.165) is 28.0 Å². The number of anilines is 2. The van der Waals surface area contributed by atoms with E-state index in [9.17, 15) is 8.42 Å². The second-order valence-electron chi connectivity index (χ2n) is 7.73. The molecule has 5 rings (SSSR count). The van der Waals surface area contributed by atoms with Crippen molar-refractivity contribution in [2.75, 3.05) is 9.44 Å². The second kappa shape index (κ2) is 10.6. The van der Waals surface area contributed by atoms with Crippen molar-refractivity contribution in [1.29, 1.82) is 0 Å². The number of hydrogen-bond acceptors (Lipinski definition) is 6. The van der Waals surface area contributed by atoms with Crippen LogP contribution in [0, 0.1) is 0 Å². The molecule has 186 valence electrons. The first kappa shape index (κ1) is 25.4. The first-order chi connectivity index (χ1) is 17.7. The van der Waals surface area contributed by atoms with Crippen LogP contribution in [0.4, 0.5) is 11.1 Å². The van der Waals surface area contributed by atoms with Crippen molar-refractivity contribution in [2.24, 2.45) is 0 Å². The molecule has 37 heavy (non-hydrogen) atoms. The van der Waals surface area contributed by atoms with E-state index in [1.54, 1.807) is 72.1 Å². The maximum Gasteiger partial charge on any atom is 0.325 e. The Hall–Kier alpha value is -3.21. The number of benzene rings is 3. The molecule has 0 saturated heterocycles. The van der Waals surface area contributed by atoms with Crippen molar-refractivity contribution in [3.05, 3.63) is 99.3 Å². The number of nitrogens with one attached hydrogen (secondary N) is 2. The van der Waals surface area contributed by atoms with Gasteiger partial charge in [0.05, 0.1) is 17.1 Å². The summed E-state index contributed by atoms with van der Waals surface area (Å²) in [5.74, 6) is -0.112. The van der Waals surface area contributed by atoms with Gasteiger partial charge in [0.2, 0.25) is 5.95 Å². The van der Waals surface area contributed by atoms with Crippen LogP contribution in [0.5, 0.6) is 0 Å². The van der Waals surface area contributed by atoms with E-state index in [1.165, 1.54) is 0 Å². The largest absolute Gasteiger partial charge is 0.325 e. The predicted molar refractivity (Wildman–Crippen MR) is 152 cm³/mol. The molecule has 2 N–H and O–H groups in total. The Morgan fingerprint density at radius 1 is 0.595 bits per heavy atom. The highest BCUT2D eigenvalue weighted by Crippen LogP contribution is 2.29. The average Bonchev–Trinajstić information content (AvgIpc) is 3.32. The maximum atomic E-state index is 13.0. The summed E-state index contributed by atoms with van der Waals surface area (Å²) >= 11 is 19.1. The smallest absolute Gasteiger partial charge is 0.241 e. The fourth-order valence-corrected chi connectivity index (χ4v) is 5.49. The molecular weight excluding hydrogens is 573 g/mol. The molecule has 0 aliphatic heterocycles. The number of nitrogens with zero attached hydrogens (tertiary/aromatic N) is 3. The molecule has 2 heterocycles. The minimum atomic E-state index is -4.12. The van der Waals surface area contributed by atoms with Gasteiger partial charge in [-0.2, -0.15) is 8.42 Å².